The molecule has 0 aliphatic rings. The van der Waals surface area contributed by atoms with Gasteiger partial charge in [0.1, 0.15) is 11.5 Å². The van der Waals surface area contributed by atoms with Crippen LogP contribution in [0.2, 0.25) is 0 Å². The van der Waals surface area contributed by atoms with Crippen molar-refractivity contribution in [3.8, 4) is 11.5 Å². The van der Waals surface area contributed by atoms with Gasteiger partial charge in [-0.25, -0.2) is 0 Å². The first kappa shape index (κ1) is 19.1. The van der Waals surface area contributed by atoms with E-state index >= 15 is 0 Å². The van der Waals surface area contributed by atoms with Crippen LogP contribution in [0.1, 0.15) is 36.1 Å². The highest BCUT2D eigenvalue weighted by molar-refractivity contribution is 7.80. The Kier molecular flexibility index (Phi) is 6.65. The predicted octanol–water partition coefficient (Wildman–Crippen LogP) is 4.76. The molecular formula is C20H26N2O2S. The van der Waals surface area contributed by atoms with Crippen LogP contribution in [0.4, 0.5) is 5.69 Å². The molecule has 25 heavy (non-hydrogen) atoms. The van der Waals surface area contributed by atoms with Gasteiger partial charge in [-0.15, -0.1) is 0 Å². The number of benzene rings is 2. The van der Waals surface area contributed by atoms with E-state index < -0.39 is 0 Å². The molecule has 1 atom stereocenters. The Labute approximate surface area is 155 Å². The van der Waals surface area contributed by atoms with Crippen LogP contribution in [0.25, 0.3) is 0 Å². The molecule has 0 fully saturated rings. The summed E-state index contributed by atoms with van der Waals surface area (Å²) in [5, 5.41) is 7.17. The molecule has 0 saturated heterocycles. The summed E-state index contributed by atoms with van der Waals surface area (Å²) < 4.78 is 10.6. The number of anilines is 1. The highest BCUT2D eigenvalue weighted by Gasteiger charge is 2.13. The maximum atomic E-state index is 5.50. The van der Waals surface area contributed by atoms with Gasteiger partial charge in [0.05, 0.1) is 25.9 Å². The van der Waals surface area contributed by atoms with Crippen molar-refractivity contribution in [1.82, 2.24) is 5.32 Å². The Morgan fingerprint density at radius 1 is 1.04 bits per heavy atom. The molecule has 0 heterocycles. The van der Waals surface area contributed by atoms with Crippen molar-refractivity contribution in [2.75, 3.05) is 19.5 Å². The number of nitrogens with one attached hydrogen (secondary N) is 2. The normalized spacial score (nSPS) is 11.6. The fourth-order valence-corrected chi connectivity index (χ4v) is 2.87. The summed E-state index contributed by atoms with van der Waals surface area (Å²) >= 11 is 5.50. The zero-order valence-electron chi connectivity index (χ0n) is 15.5. The van der Waals surface area contributed by atoms with Crippen LogP contribution >= 0.6 is 12.2 Å². The highest BCUT2D eigenvalue weighted by Crippen LogP contribution is 2.29. The SMILES string of the molecule is CC[C@@H](NC(=S)Nc1ccc(OC)cc1OC)c1ccc(C)c(C)c1. The number of thiocarbonyl (C=S) groups is 1. The Hall–Kier alpha value is -2.27. The van der Waals surface area contributed by atoms with Crippen molar-refractivity contribution in [3.63, 3.8) is 0 Å². The molecule has 0 bridgehead atoms. The zero-order valence-corrected chi connectivity index (χ0v) is 16.3. The number of methoxy groups -OCH3 is 2. The monoisotopic (exact) mass is 358 g/mol. The quantitative estimate of drug-likeness (QED) is 0.729. The maximum absolute atomic E-state index is 5.50. The van der Waals surface area contributed by atoms with E-state index in [0.29, 0.717) is 10.9 Å². The van der Waals surface area contributed by atoms with Crippen molar-refractivity contribution in [1.29, 1.82) is 0 Å². The van der Waals surface area contributed by atoms with Crippen LogP contribution in [0, 0.1) is 13.8 Å². The fourth-order valence-electron chi connectivity index (χ4n) is 2.62. The summed E-state index contributed by atoms with van der Waals surface area (Å²) in [6.07, 6.45) is 0.935. The predicted molar refractivity (Wildman–Crippen MR) is 108 cm³/mol. The van der Waals surface area contributed by atoms with Gasteiger partial charge in [-0.05, 0) is 61.3 Å². The Morgan fingerprint density at radius 3 is 2.40 bits per heavy atom. The van der Waals surface area contributed by atoms with Gasteiger partial charge in [0.2, 0.25) is 0 Å². The Balaban J connectivity index is 2.11. The van der Waals surface area contributed by atoms with Gasteiger partial charge in [0.15, 0.2) is 5.11 Å². The fraction of sp³-hybridized carbons (Fsp3) is 0.350. The van der Waals surface area contributed by atoms with Crippen molar-refractivity contribution in [2.24, 2.45) is 0 Å². The van der Waals surface area contributed by atoms with Crippen LogP contribution < -0.4 is 20.1 Å². The topological polar surface area (TPSA) is 42.5 Å². The Morgan fingerprint density at radius 2 is 1.80 bits per heavy atom. The van der Waals surface area contributed by atoms with Crippen molar-refractivity contribution in [2.45, 2.75) is 33.2 Å². The first-order valence-electron chi connectivity index (χ1n) is 8.35. The molecule has 134 valence electrons. The van der Waals surface area contributed by atoms with Crippen molar-refractivity contribution >= 4 is 23.0 Å². The molecule has 2 aromatic carbocycles. The van der Waals surface area contributed by atoms with Gasteiger partial charge >= 0.3 is 0 Å². The van der Waals surface area contributed by atoms with Crippen LogP contribution in [0.3, 0.4) is 0 Å². The van der Waals surface area contributed by atoms with Crippen LogP contribution in [0.5, 0.6) is 11.5 Å². The van der Waals surface area contributed by atoms with E-state index in [-0.39, 0.29) is 6.04 Å². The number of hydrogen-bond acceptors (Lipinski definition) is 3. The lowest BCUT2D eigenvalue weighted by Crippen LogP contribution is -2.32. The second-order valence-corrected chi connectivity index (χ2v) is 6.38. The van der Waals surface area contributed by atoms with Crippen molar-refractivity contribution < 1.29 is 9.47 Å². The summed E-state index contributed by atoms with van der Waals surface area (Å²) in [4.78, 5) is 0. The van der Waals surface area contributed by atoms with Gasteiger partial charge in [0, 0.05) is 6.07 Å². The average Bonchev–Trinajstić information content (AvgIpc) is 2.62. The van der Waals surface area contributed by atoms with Crippen molar-refractivity contribution in [3.05, 3.63) is 53.1 Å². The number of ether oxygens (including phenoxy) is 2. The molecule has 0 aliphatic heterocycles. The first-order valence-corrected chi connectivity index (χ1v) is 8.76. The lowest BCUT2D eigenvalue weighted by atomic mass is 9.99. The van der Waals surface area contributed by atoms with E-state index in [0.717, 1.165) is 17.9 Å². The molecule has 2 N–H and O–H groups in total. The molecule has 4 nitrogen and oxygen atoms in total. The number of hydrogen-bond donors (Lipinski definition) is 2. The molecule has 0 radical (unpaired) electrons. The standard InChI is InChI=1S/C20H26N2O2S/c1-6-17(15-8-7-13(2)14(3)11-15)21-20(25)22-18-10-9-16(23-4)12-19(18)24-5/h7-12,17H,6H2,1-5H3,(H2,21,22,25)/t17-/m1/s1. The van der Waals surface area contributed by atoms with E-state index in [1.165, 1.54) is 16.7 Å². The third kappa shape index (κ3) is 4.86. The van der Waals surface area contributed by atoms with E-state index in [4.69, 9.17) is 21.7 Å². The van der Waals surface area contributed by atoms with Crippen LogP contribution in [-0.2, 0) is 0 Å². The molecule has 2 rings (SSSR count). The molecule has 2 aromatic rings. The molecule has 0 spiro atoms. The highest BCUT2D eigenvalue weighted by atomic mass is 32.1. The van der Waals surface area contributed by atoms with Gasteiger partial charge < -0.3 is 20.1 Å². The summed E-state index contributed by atoms with van der Waals surface area (Å²) in [6, 6.07) is 12.3. The maximum Gasteiger partial charge on any atom is 0.171 e. The Bertz CT molecular complexity index is 746. The van der Waals surface area contributed by atoms with E-state index in [2.05, 4.69) is 49.6 Å². The van der Waals surface area contributed by atoms with Gasteiger partial charge in [-0.3, -0.25) is 0 Å². The smallest absolute Gasteiger partial charge is 0.171 e. The van der Waals surface area contributed by atoms with E-state index in [1.54, 1.807) is 14.2 Å². The van der Waals surface area contributed by atoms with Crippen LogP contribution in [0.15, 0.2) is 36.4 Å². The van der Waals surface area contributed by atoms with Crippen LogP contribution in [-0.4, -0.2) is 19.3 Å². The minimum atomic E-state index is 0.156. The molecule has 0 aromatic heterocycles. The minimum absolute atomic E-state index is 0.156. The molecule has 5 heteroatoms. The summed E-state index contributed by atoms with van der Waals surface area (Å²) in [6.45, 7) is 6.39. The summed E-state index contributed by atoms with van der Waals surface area (Å²) in [5.74, 6) is 1.42. The third-order valence-corrected chi connectivity index (χ3v) is 4.52. The first-order chi connectivity index (χ1) is 12.0. The largest absolute Gasteiger partial charge is 0.497 e. The second-order valence-electron chi connectivity index (χ2n) is 5.97. The number of aryl methyl sites for hydroxylation is 2. The second kappa shape index (κ2) is 8.72. The lowest BCUT2D eigenvalue weighted by Gasteiger charge is -2.21. The zero-order chi connectivity index (χ0) is 18.4. The summed E-state index contributed by atoms with van der Waals surface area (Å²) in [7, 11) is 3.25. The third-order valence-electron chi connectivity index (χ3n) is 4.30. The van der Waals surface area contributed by atoms with E-state index in [9.17, 15) is 0 Å². The minimum Gasteiger partial charge on any atom is -0.497 e. The van der Waals surface area contributed by atoms with E-state index in [1.807, 2.05) is 18.2 Å². The average molecular weight is 359 g/mol. The molecule has 0 unspecified atom stereocenters. The molecular weight excluding hydrogens is 332 g/mol. The van der Waals surface area contributed by atoms with Gasteiger partial charge in [0.25, 0.3) is 0 Å². The number of rotatable bonds is 6. The lowest BCUT2D eigenvalue weighted by molar-refractivity contribution is 0.395. The molecule has 0 amide bonds. The molecule has 0 aliphatic carbocycles. The molecule has 0 saturated carbocycles. The summed E-state index contributed by atoms with van der Waals surface area (Å²) in [5.41, 5.74) is 4.61. The van der Waals surface area contributed by atoms with Gasteiger partial charge in [-0.2, -0.15) is 0 Å². The van der Waals surface area contributed by atoms with Gasteiger partial charge in [-0.1, -0.05) is 25.1 Å².